The van der Waals surface area contributed by atoms with Crippen LogP contribution >= 0.6 is 0 Å². The highest BCUT2D eigenvalue weighted by molar-refractivity contribution is 7.89. The molecule has 0 radical (unpaired) electrons. The second kappa shape index (κ2) is 5.09. The summed E-state index contributed by atoms with van der Waals surface area (Å²) in [4.78, 5) is 0. The van der Waals surface area contributed by atoms with Gasteiger partial charge in [0, 0.05) is 32.4 Å². The van der Waals surface area contributed by atoms with Gasteiger partial charge in [-0.2, -0.15) is 4.31 Å². The van der Waals surface area contributed by atoms with Crippen LogP contribution in [0.5, 0.6) is 0 Å². The van der Waals surface area contributed by atoms with E-state index in [-0.39, 0.29) is 23.7 Å². The minimum atomic E-state index is -3.13. The van der Waals surface area contributed by atoms with Gasteiger partial charge in [-0.25, -0.2) is 8.42 Å². The average molecular weight is 301 g/mol. The molecule has 112 valence electrons. The molecule has 2 fully saturated rings. The lowest BCUT2D eigenvalue weighted by atomic mass is 9.90. The number of nitrogens with zero attached hydrogens (tertiary/aromatic N) is 3. The predicted molar refractivity (Wildman–Crippen MR) is 70.5 cm³/mol. The Labute approximate surface area is 118 Å². The lowest BCUT2D eigenvalue weighted by molar-refractivity contribution is 0.103. The van der Waals surface area contributed by atoms with Crippen LogP contribution in [0.2, 0.25) is 0 Å². The molecule has 0 amide bonds. The quantitative estimate of drug-likeness (QED) is 0.790. The van der Waals surface area contributed by atoms with E-state index in [2.05, 4.69) is 10.2 Å². The molecule has 1 aromatic heterocycles. The van der Waals surface area contributed by atoms with E-state index < -0.39 is 10.0 Å². The highest BCUT2D eigenvalue weighted by atomic mass is 32.2. The molecule has 7 nitrogen and oxygen atoms in total. The molecule has 1 aromatic rings. The summed E-state index contributed by atoms with van der Waals surface area (Å²) in [5.41, 5.74) is 0. The van der Waals surface area contributed by atoms with E-state index in [1.165, 1.54) is 0 Å². The first kappa shape index (κ1) is 14.0. The molecule has 3 rings (SSSR count). The van der Waals surface area contributed by atoms with Crippen LogP contribution < -0.4 is 0 Å². The van der Waals surface area contributed by atoms with Gasteiger partial charge in [-0.05, 0) is 12.8 Å². The molecule has 0 aliphatic carbocycles. The monoisotopic (exact) mass is 301 g/mol. The van der Waals surface area contributed by atoms with Gasteiger partial charge in [-0.1, -0.05) is 0 Å². The Hall–Kier alpha value is -0.990. The largest absolute Gasteiger partial charge is 0.426 e. The molecule has 0 aromatic carbocycles. The van der Waals surface area contributed by atoms with Crippen molar-refractivity contribution < 1.29 is 17.6 Å². The van der Waals surface area contributed by atoms with Gasteiger partial charge in [0.1, 0.15) is 0 Å². The van der Waals surface area contributed by atoms with Crippen LogP contribution in [-0.2, 0) is 21.2 Å². The van der Waals surface area contributed by atoms with Gasteiger partial charge in [0.05, 0.1) is 18.5 Å². The molecule has 2 saturated heterocycles. The number of aryl methyl sites for hydroxylation is 1. The Morgan fingerprint density at radius 3 is 2.80 bits per heavy atom. The maximum absolute atomic E-state index is 11.9. The zero-order valence-corrected chi connectivity index (χ0v) is 12.5. The number of ether oxygens (including phenoxy) is 1. The predicted octanol–water partition coefficient (Wildman–Crippen LogP) is 0.217. The van der Waals surface area contributed by atoms with Gasteiger partial charge in [0.15, 0.2) is 0 Å². The Morgan fingerprint density at radius 2 is 2.15 bits per heavy atom. The van der Waals surface area contributed by atoms with Crippen LogP contribution in [0.3, 0.4) is 0 Å². The van der Waals surface area contributed by atoms with Crippen LogP contribution in [0.25, 0.3) is 0 Å². The zero-order chi connectivity index (χ0) is 14.3. The van der Waals surface area contributed by atoms with Crippen molar-refractivity contribution in [2.45, 2.75) is 26.4 Å². The molecule has 3 atom stereocenters. The van der Waals surface area contributed by atoms with Gasteiger partial charge >= 0.3 is 0 Å². The van der Waals surface area contributed by atoms with E-state index in [1.54, 1.807) is 18.2 Å². The molecule has 0 bridgehead atoms. The highest BCUT2D eigenvalue weighted by Gasteiger charge is 2.47. The summed E-state index contributed by atoms with van der Waals surface area (Å²) in [6.07, 6.45) is 0.660. The summed E-state index contributed by atoms with van der Waals surface area (Å²) in [6.45, 7) is 5.08. The lowest BCUT2D eigenvalue weighted by Crippen LogP contribution is -2.32. The number of aromatic nitrogens is 2. The van der Waals surface area contributed by atoms with Crippen molar-refractivity contribution in [3.05, 3.63) is 11.8 Å². The molecule has 0 saturated carbocycles. The summed E-state index contributed by atoms with van der Waals surface area (Å²) in [6, 6.07) is 0. The topological polar surface area (TPSA) is 85.5 Å². The highest BCUT2D eigenvalue weighted by Crippen LogP contribution is 2.36. The standard InChI is InChI=1S/C12H19N3O4S/c1-3-20(16,17)15-5-10-9(7-18-11(10)6-15)4-12-14-13-8(2)19-12/h9-11H,3-7H2,1-2H3/t9-,10-,11-/m1/s1. The van der Waals surface area contributed by atoms with Crippen molar-refractivity contribution >= 4 is 10.0 Å². The van der Waals surface area contributed by atoms with Crippen molar-refractivity contribution in [1.82, 2.24) is 14.5 Å². The van der Waals surface area contributed by atoms with Crippen LogP contribution in [0.4, 0.5) is 0 Å². The minimum absolute atomic E-state index is 0.00495. The van der Waals surface area contributed by atoms with E-state index in [0.29, 0.717) is 37.9 Å². The summed E-state index contributed by atoms with van der Waals surface area (Å²) < 4.78 is 36.6. The van der Waals surface area contributed by atoms with Gasteiger partial charge in [-0.15, -0.1) is 10.2 Å². The normalized spacial score (nSPS) is 30.8. The first-order valence-corrected chi connectivity index (χ1v) is 8.49. The third-order valence-corrected chi connectivity index (χ3v) is 5.98. The second-order valence-electron chi connectivity index (χ2n) is 5.43. The van der Waals surface area contributed by atoms with Gasteiger partial charge in [0.25, 0.3) is 0 Å². The van der Waals surface area contributed by atoms with Crippen LogP contribution in [0.15, 0.2) is 4.42 Å². The van der Waals surface area contributed by atoms with Gasteiger partial charge in [0.2, 0.25) is 21.8 Å². The SMILES string of the molecule is CCS(=O)(=O)N1C[C@@H]2[C@H](Cc3nnc(C)o3)CO[C@@H]2C1. The Morgan fingerprint density at radius 1 is 1.35 bits per heavy atom. The Kier molecular flexibility index (Phi) is 3.55. The van der Waals surface area contributed by atoms with E-state index in [9.17, 15) is 8.42 Å². The smallest absolute Gasteiger partial charge is 0.216 e. The minimum Gasteiger partial charge on any atom is -0.426 e. The number of hydrogen-bond donors (Lipinski definition) is 0. The van der Waals surface area contributed by atoms with Crippen molar-refractivity contribution in [3.8, 4) is 0 Å². The molecule has 0 N–H and O–H groups in total. The number of hydrogen-bond acceptors (Lipinski definition) is 6. The van der Waals surface area contributed by atoms with Crippen molar-refractivity contribution in [3.63, 3.8) is 0 Å². The first-order chi connectivity index (χ1) is 9.49. The number of sulfonamides is 1. The maximum Gasteiger partial charge on any atom is 0.216 e. The molecular formula is C12H19N3O4S. The average Bonchev–Trinajstić information content (AvgIpc) is 3.07. The van der Waals surface area contributed by atoms with E-state index in [1.807, 2.05) is 0 Å². The zero-order valence-electron chi connectivity index (χ0n) is 11.7. The van der Waals surface area contributed by atoms with E-state index >= 15 is 0 Å². The van der Waals surface area contributed by atoms with Crippen LogP contribution in [0, 0.1) is 18.8 Å². The second-order valence-corrected chi connectivity index (χ2v) is 7.69. The van der Waals surface area contributed by atoms with E-state index in [4.69, 9.17) is 9.15 Å². The molecule has 0 unspecified atom stereocenters. The molecule has 2 aliphatic heterocycles. The van der Waals surface area contributed by atoms with Crippen LogP contribution in [-0.4, -0.2) is 54.5 Å². The van der Waals surface area contributed by atoms with Crippen LogP contribution in [0.1, 0.15) is 18.7 Å². The summed E-state index contributed by atoms with van der Waals surface area (Å²) in [7, 11) is -3.13. The summed E-state index contributed by atoms with van der Waals surface area (Å²) in [5, 5.41) is 7.82. The fraction of sp³-hybridized carbons (Fsp3) is 0.833. The van der Waals surface area contributed by atoms with Crippen molar-refractivity contribution in [2.24, 2.45) is 11.8 Å². The molecule has 20 heavy (non-hydrogen) atoms. The number of rotatable bonds is 4. The van der Waals surface area contributed by atoms with Gasteiger partial charge < -0.3 is 9.15 Å². The molecule has 0 spiro atoms. The molecule has 2 aliphatic rings. The molecular weight excluding hydrogens is 282 g/mol. The number of fused-ring (bicyclic) bond motifs is 1. The third-order valence-electron chi connectivity index (χ3n) is 4.17. The fourth-order valence-corrected chi connectivity index (χ4v) is 4.17. The maximum atomic E-state index is 11.9. The van der Waals surface area contributed by atoms with Crippen molar-refractivity contribution in [2.75, 3.05) is 25.4 Å². The Balaban J connectivity index is 1.68. The third kappa shape index (κ3) is 2.47. The lowest BCUT2D eigenvalue weighted by Gasteiger charge is -2.18. The van der Waals surface area contributed by atoms with Crippen molar-refractivity contribution in [1.29, 1.82) is 0 Å². The summed E-state index contributed by atoms with van der Waals surface area (Å²) >= 11 is 0. The first-order valence-electron chi connectivity index (χ1n) is 6.88. The molecule has 3 heterocycles. The summed E-state index contributed by atoms with van der Waals surface area (Å²) in [5.74, 6) is 1.77. The fourth-order valence-electron chi connectivity index (χ4n) is 3.03. The molecule has 8 heteroatoms. The Bertz CT molecular complexity index is 585. The van der Waals surface area contributed by atoms with Gasteiger partial charge in [-0.3, -0.25) is 0 Å². The van der Waals surface area contributed by atoms with E-state index in [0.717, 1.165) is 0 Å².